The number of fused-ring (bicyclic) bond motifs is 1. The Hall–Kier alpha value is -1.99. The third kappa shape index (κ3) is 10.2. The normalized spacial score (nSPS) is 45.2. The van der Waals surface area contributed by atoms with Crippen molar-refractivity contribution in [1.82, 2.24) is 15.1 Å². The van der Waals surface area contributed by atoms with Crippen molar-refractivity contribution >= 4 is 17.8 Å². The molecule has 4 heterocycles. The summed E-state index contributed by atoms with van der Waals surface area (Å²) in [4.78, 5) is 47.2. The molecule has 4 fully saturated rings. The van der Waals surface area contributed by atoms with Crippen LogP contribution in [0.4, 0.5) is 4.79 Å². The first-order valence-electron chi connectivity index (χ1n) is 21.9. The lowest BCUT2D eigenvalue weighted by molar-refractivity contribution is -0.319. The molecule has 0 saturated carbocycles. The maximum Gasteiger partial charge on any atom is 0.411 e. The molecule has 348 valence electrons. The van der Waals surface area contributed by atoms with Gasteiger partial charge in [-0.3, -0.25) is 14.5 Å². The van der Waals surface area contributed by atoms with Crippen molar-refractivity contribution in [2.75, 3.05) is 41.9 Å². The van der Waals surface area contributed by atoms with Gasteiger partial charge in [0, 0.05) is 56.5 Å². The molecule has 4 aliphatic rings. The van der Waals surface area contributed by atoms with Gasteiger partial charge in [-0.2, -0.15) is 0 Å². The molecule has 0 aromatic rings. The number of carbonyl (C=O) groups is 3. The minimum Gasteiger partial charge on any atom is -0.458 e. The van der Waals surface area contributed by atoms with E-state index in [1.165, 1.54) is 7.11 Å². The fourth-order valence-corrected chi connectivity index (χ4v) is 10.3. The van der Waals surface area contributed by atoms with Crippen molar-refractivity contribution in [3.05, 3.63) is 0 Å². The zero-order chi connectivity index (χ0) is 45.4. The average molecular weight is 858 g/mol. The second-order valence-electron chi connectivity index (χ2n) is 19.7. The lowest BCUT2D eigenvalue weighted by Gasteiger charge is -2.50. The highest BCUT2D eigenvalue weighted by Gasteiger charge is 2.61. The fraction of sp³-hybridized carbons (Fsp3) is 0.932. The number of cyclic esters (lactones) is 1. The Labute approximate surface area is 358 Å². The van der Waals surface area contributed by atoms with Gasteiger partial charge in [-0.25, -0.2) is 4.79 Å². The van der Waals surface area contributed by atoms with Crippen LogP contribution in [-0.2, 0) is 47.5 Å². The quantitative estimate of drug-likeness (QED) is 0.254. The molecule has 60 heavy (non-hydrogen) atoms. The highest BCUT2D eigenvalue weighted by molar-refractivity contribution is 5.85. The van der Waals surface area contributed by atoms with E-state index in [1.807, 2.05) is 81.4 Å². The summed E-state index contributed by atoms with van der Waals surface area (Å²) in [5.41, 5.74) is -4.24. The summed E-state index contributed by atoms with van der Waals surface area (Å²) in [6.07, 6.45) is -7.36. The molecular weight excluding hydrogens is 778 g/mol. The third-order valence-electron chi connectivity index (χ3n) is 14.4. The average Bonchev–Trinajstić information content (AvgIpc) is 3.44. The van der Waals surface area contributed by atoms with Gasteiger partial charge in [0.1, 0.15) is 24.1 Å². The fourth-order valence-electron chi connectivity index (χ4n) is 10.3. The molecule has 18 unspecified atom stereocenters. The van der Waals surface area contributed by atoms with E-state index in [0.29, 0.717) is 6.42 Å². The molecule has 0 aliphatic carbocycles. The summed E-state index contributed by atoms with van der Waals surface area (Å²) in [6, 6.07) is -1.09. The number of aliphatic hydroxyl groups is 2. The number of nitrogens with one attached hydrogen (secondary N) is 1. The van der Waals surface area contributed by atoms with E-state index in [4.69, 9.17) is 37.9 Å². The minimum absolute atomic E-state index is 0.134. The molecule has 18 atom stereocenters. The number of hydrogen-bond donors (Lipinski definition) is 3. The zero-order valence-corrected chi connectivity index (χ0v) is 39.5. The number of ketones is 1. The molecule has 16 heteroatoms. The predicted molar refractivity (Wildman–Crippen MR) is 223 cm³/mol. The van der Waals surface area contributed by atoms with E-state index in [0.717, 1.165) is 0 Å². The van der Waals surface area contributed by atoms with Crippen molar-refractivity contribution < 1.29 is 62.5 Å². The van der Waals surface area contributed by atoms with Crippen LogP contribution in [0.1, 0.15) is 109 Å². The van der Waals surface area contributed by atoms with Crippen LogP contribution in [0.25, 0.3) is 0 Å². The molecule has 0 aromatic carbocycles. The first-order chi connectivity index (χ1) is 27.7. The van der Waals surface area contributed by atoms with Crippen LogP contribution in [0.15, 0.2) is 0 Å². The number of methoxy groups -OCH3 is 2. The van der Waals surface area contributed by atoms with E-state index in [-0.39, 0.29) is 43.7 Å². The van der Waals surface area contributed by atoms with Gasteiger partial charge in [-0.1, -0.05) is 27.7 Å². The highest BCUT2D eigenvalue weighted by atomic mass is 16.7. The Morgan fingerprint density at radius 2 is 1.53 bits per heavy atom. The number of hydrogen-bond acceptors (Lipinski definition) is 15. The van der Waals surface area contributed by atoms with Gasteiger partial charge in [-0.15, -0.1) is 0 Å². The van der Waals surface area contributed by atoms with Gasteiger partial charge in [0.05, 0.1) is 47.6 Å². The van der Waals surface area contributed by atoms with E-state index >= 15 is 0 Å². The largest absolute Gasteiger partial charge is 0.458 e. The number of ether oxygens (including phenoxy) is 8. The van der Waals surface area contributed by atoms with E-state index in [1.54, 1.807) is 39.7 Å². The van der Waals surface area contributed by atoms with Gasteiger partial charge < -0.3 is 58.3 Å². The number of carbonyl (C=O) groups excluding carboxylic acids is 3. The summed E-state index contributed by atoms with van der Waals surface area (Å²) < 4.78 is 51.3. The molecule has 0 radical (unpaired) electrons. The summed E-state index contributed by atoms with van der Waals surface area (Å²) >= 11 is 0. The Balaban J connectivity index is 1.92. The summed E-state index contributed by atoms with van der Waals surface area (Å²) in [7, 11) is 8.67. The Morgan fingerprint density at radius 1 is 0.917 bits per heavy atom. The lowest BCUT2D eigenvalue weighted by Crippen LogP contribution is -2.62. The summed E-state index contributed by atoms with van der Waals surface area (Å²) in [5.74, 6) is -3.85. The second-order valence-corrected chi connectivity index (χ2v) is 19.7. The number of rotatable bonds is 11. The first-order valence-corrected chi connectivity index (χ1v) is 21.9. The monoisotopic (exact) mass is 858 g/mol. The molecular formula is C44H79N3O13. The van der Waals surface area contributed by atoms with Gasteiger partial charge >= 0.3 is 12.1 Å². The molecule has 0 bridgehead atoms. The Bertz CT molecular complexity index is 1490. The SMILES string of the molecule is CCC1OC(=O)C(C)C(OC2CC(C)(OC)C(O)C(C)O2)C(C)C(OC2OC(C)CC(N(C)C)C2O)C(C)(OC)CC(C)C(=O)C(C)C2N(CC(C)(C)NC)C(=O)OC12C. The molecule has 0 aromatic heterocycles. The van der Waals surface area contributed by atoms with Crippen molar-refractivity contribution in [2.45, 2.75) is 199 Å². The second kappa shape index (κ2) is 19.4. The van der Waals surface area contributed by atoms with E-state index in [2.05, 4.69) is 5.32 Å². The van der Waals surface area contributed by atoms with Crippen LogP contribution in [-0.4, -0.2) is 169 Å². The Morgan fingerprint density at radius 3 is 2.08 bits per heavy atom. The maximum absolute atomic E-state index is 14.9. The van der Waals surface area contributed by atoms with Crippen LogP contribution in [0.5, 0.6) is 0 Å². The highest BCUT2D eigenvalue weighted by Crippen LogP contribution is 2.45. The first kappa shape index (κ1) is 50.7. The molecule has 0 spiro atoms. The number of likely N-dealkylation sites (N-methyl/N-ethyl adjacent to an activating group) is 2. The molecule has 4 saturated heterocycles. The van der Waals surface area contributed by atoms with Gasteiger partial charge in [0.2, 0.25) is 0 Å². The van der Waals surface area contributed by atoms with Crippen molar-refractivity contribution in [3.8, 4) is 0 Å². The maximum atomic E-state index is 14.9. The Kier molecular flexibility index (Phi) is 16.4. The molecule has 3 N–H and O–H groups in total. The lowest BCUT2D eigenvalue weighted by atomic mass is 9.73. The van der Waals surface area contributed by atoms with Crippen LogP contribution in [0.2, 0.25) is 0 Å². The number of Topliss-reactive ketones (excluding diaryl/α,β-unsaturated/α-hetero) is 1. The van der Waals surface area contributed by atoms with E-state index in [9.17, 15) is 24.6 Å². The number of aliphatic hydroxyl groups excluding tert-OH is 2. The van der Waals surface area contributed by atoms with Gasteiger partial charge in [-0.05, 0) is 95.8 Å². The van der Waals surface area contributed by atoms with Crippen LogP contribution in [0, 0.1) is 23.7 Å². The van der Waals surface area contributed by atoms with Gasteiger partial charge in [0.25, 0.3) is 0 Å². The van der Waals surface area contributed by atoms with Crippen LogP contribution in [0.3, 0.4) is 0 Å². The van der Waals surface area contributed by atoms with Crippen molar-refractivity contribution in [2.24, 2.45) is 23.7 Å². The number of esters is 1. The summed E-state index contributed by atoms with van der Waals surface area (Å²) in [6.45, 7) is 22.3. The summed E-state index contributed by atoms with van der Waals surface area (Å²) in [5, 5.41) is 26.1. The molecule has 1 amide bonds. The van der Waals surface area contributed by atoms with Crippen LogP contribution >= 0.6 is 0 Å². The molecule has 4 rings (SSSR count). The molecule has 4 aliphatic heterocycles. The molecule has 16 nitrogen and oxygen atoms in total. The van der Waals surface area contributed by atoms with Crippen LogP contribution < -0.4 is 5.32 Å². The smallest absolute Gasteiger partial charge is 0.411 e. The van der Waals surface area contributed by atoms with Crippen molar-refractivity contribution in [3.63, 3.8) is 0 Å². The van der Waals surface area contributed by atoms with Crippen molar-refractivity contribution in [1.29, 1.82) is 0 Å². The topological polar surface area (TPSA) is 184 Å². The predicted octanol–water partition coefficient (Wildman–Crippen LogP) is 3.91. The number of nitrogens with zero attached hydrogens (tertiary/aromatic N) is 2. The van der Waals surface area contributed by atoms with Gasteiger partial charge in [0.15, 0.2) is 18.2 Å². The number of amides is 1. The van der Waals surface area contributed by atoms with E-state index < -0.39 is 113 Å². The third-order valence-corrected chi connectivity index (χ3v) is 14.4. The minimum atomic E-state index is -1.41. The zero-order valence-electron chi connectivity index (χ0n) is 39.5. The standard InChI is InChI=1S/C44H79N3O13/c1-18-30-44(12)35(47(40(52)60-44)22-41(8,9)45-13)25(4)32(48)23(2)20-43(11,54-17)37(59-39-33(49)29(46(14)15)19-24(3)55-39)26(5)34(27(6)38(51)57-30)58-31-21-42(10,53-16)36(50)28(7)56-31/h23-31,33-37,39,45,49-50H,18-22H2,1-17H3.